The SMILES string of the molecule is Nc1nsc(NCCNC(=O)C2CC2)c1-c1cccnc1. The Balaban J connectivity index is 1.59. The van der Waals surface area contributed by atoms with Crippen LogP contribution >= 0.6 is 11.5 Å². The minimum Gasteiger partial charge on any atom is -0.382 e. The van der Waals surface area contributed by atoms with Gasteiger partial charge in [-0.2, -0.15) is 4.37 Å². The topological polar surface area (TPSA) is 92.9 Å². The van der Waals surface area contributed by atoms with E-state index in [9.17, 15) is 4.79 Å². The Kier molecular flexibility index (Phi) is 4.01. The van der Waals surface area contributed by atoms with Crippen molar-refractivity contribution in [2.24, 2.45) is 5.92 Å². The molecule has 6 nitrogen and oxygen atoms in total. The van der Waals surface area contributed by atoms with Gasteiger partial charge in [-0.05, 0) is 30.4 Å². The Morgan fingerprint density at radius 3 is 3.00 bits per heavy atom. The Morgan fingerprint density at radius 2 is 2.29 bits per heavy atom. The standard InChI is InChI=1S/C14H17N5OS/c15-12-11(10-2-1-5-16-8-10)14(21-19-12)18-7-6-17-13(20)9-3-4-9/h1-2,5,8-9,18H,3-4,6-7H2,(H2,15,19)(H,17,20). The summed E-state index contributed by atoms with van der Waals surface area (Å²) in [5, 5.41) is 7.10. The van der Waals surface area contributed by atoms with Crippen molar-refractivity contribution in [1.29, 1.82) is 0 Å². The van der Waals surface area contributed by atoms with Crippen LogP contribution in [0.5, 0.6) is 0 Å². The van der Waals surface area contributed by atoms with Gasteiger partial charge in [-0.15, -0.1) is 0 Å². The third kappa shape index (κ3) is 3.30. The summed E-state index contributed by atoms with van der Waals surface area (Å²) in [4.78, 5) is 15.6. The number of nitrogen functional groups attached to an aromatic ring is 1. The van der Waals surface area contributed by atoms with Gasteiger partial charge in [0.15, 0.2) is 0 Å². The van der Waals surface area contributed by atoms with Crippen LogP contribution in [0.3, 0.4) is 0 Å². The van der Waals surface area contributed by atoms with E-state index in [0.717, 1.165) is 29.0 Å². The number of amides is 1. The molecule has 110 valence electrons. The van der Waals surface area contributed by atoms with Gasteiger partial charge in [0.25, 0.3) is 0 Å². The van der Waals surface area contributed by atoms with Crippen LogP contribution in [0.4, 0.5) is 10.8 Å². The molecule has 0 radical (unpaired) electrons. The highest BCUT2D eigenvalue weighted by Gasteiger charge is 2.29. The van der Waals surface area contributed by atoms with Crippen molar-refractivity contribution < 1.29 is 4.79 Å². The van der Waals surface area contributed by atoms with E-state index in [1.165, 1.54) is 11.5 Å². The van der Waals surface area contributed by atoms with Gasteiger partial charge in [0.2, 0.25) is 5.91 Å². The van der Waals surface area contributed by atoms with Crippen LogP contribution < -0.4 is 16.4 Å². The summed E-state index contributed by atoms with van der Waals surface area (Å²) >= 11 is 1.32. The first-order valence-electron chi connectivity index (χ1n) is 6.93. The van der Waals surface area contributed by atoms with Crippen LogP contribution in [0.25, 0.3) is 11.1 Å². The molecule has 21 heavy (non-hydrogen) atoms. The first kappa shape index (κ1) is 13.8. The maximum atomic E-state index is 11.5. The Morgan fingerprint density at radius 1 is 1.43 bits per heavy atom. The minimum absolute atomic E-state index is 0.160. The van der Waals surface area contributed by atoms with Crippen LogP contribution in [-0.4, -0.2) is 28.4 Å². The Bertz CT molecular complexity index is 624. The van der Waals surface area contributed by atoms with E-state index in [-0.39, 0.29) is 11.8 Å². The normalized spacial score (nSPS) is 13.9. The average Bonchev–Trinajstić information content (AvgIpc) is 3.29. The fourth-order valence-electron chi connectivity index (χ4n) is 2.06. The summed E-state index contributed by atoms with van der Waals surface area (Å²) < 4.78 is 4.19. The molecular weight excluding hydrogens is 286 g/mol. The van der Waals surface area contributed by atoms with E-state index in [4.69, 9.17) is 5.73 Å². The third-order valence-corrected chi connectivity index (χ3v) is 4.15. The molecule has 1 aliphatic carbocycles. The second-order valence-corrected chi connectivity index (χ2v) is 5.78. The van der Waals surface area contributed by atoms with Crippen molar-refractivity contribution in [2.75, 3.05) is 24.1 Å². The summed E-state index contributed by atoms with van der Waals surface area (Å²) in [5.41, 5.74) is 7.75. The van der Waals surface area contributed by atoms with Crippen molar-refractivity contribution in [3.8, 4) is 11.1 Å². The van der Waals surface area contributed by atoms with E-state index in [1.54, 1.807) is 12.4 Å². The number of carbonyl (C=O) groups excluding carboxylic acids is 1. The average molecular weight is 303 g/mol. The molecule has 0 unspecified atom stereocenters. The second-order valence-electron chi connectivity index (χ2n) is 5.01. The molecule has 0 spiro atoms. The lowest BCUT2D eigenvalue weighted by atomic mass is 10.1. The predicted octanol–water partition coefficient (Wildman–Crippen LogP) is 1.73. The van der Waals surface area contributed by atoms with Gasteiger partial charge < -0.3 is 16.4 Å². The number of pyridine rings is 1. The summed E-state index contributed by atoms with van der Waals surface area (Å²) in [6.45, 7) is 1.24. The van der Waals surface area contributed by atoms with Crippen molar-refractivity contribution in [2.45, 2.75) is 12.8 Å². The molecule has 1 aliphatic rings. The van der Waals surface area contributed by atoms with Crippen LogP contribution in [-0.2, 0) is 4.79 Å². The summed E-state index contributed by atoms with van der Waals surface area (Å²) in [7, 11) is 0. The second kappa shape index (κ2) is 6.09. The molecule has 2 aromatic rings. The van der Waals surface area contributed by atoms with Crippen molar-refractivity contribution >= 4 is 28.3 Å². The quantitative estimate of drug-likeness (QED) is 0.707. The number of aromatic nitrogens is 2. The molecule has 2 heterocycles. The monoisotopic (exact) mass is 303 g/mol. The van der Waals surface area contributed by atoms with Crippen LogP contribution in [0.2, 0.25) is 0 Å². The number of hydrogen-bond donors (Lipinski definition) is 3. The van der Waals surface area contributed by atoms with Gasteiger partial charge in [0.1, 0.15) is 10.8 Å². The molecule has 7 heteroatoms. The van der Waals surface area contributed by atoms with Gasteiger partial charge in [0, 0.05) is 37.0 Å². The highest BCUT2D eigenvalue weighted by atomic mass is 32.1. The largest absolute Gasteiger partial charge is 0.382 e. The molecule has 3 rings (SSSR count). The number of nitrogens with one attached hydrogen (secondary N) is 2. The molecule has 0 aliphatic heterocycles. The van der Waals surface area contributed by atoms with Crippen LogP contribution in [0.1, 0.15) is 12.8 Å². The summed E-state index contributed by atoms with van der Waals surface area (Å²) in [6, 6.07) is 3.82. The molecule has 0 bridgehead atoms. The van der Waals surface area contributed by atoms with E-state index >= 15 is 0 Å². The first-order chi connectivity index (χ1) is 10.3. The number of anilines is 2. The molecule has 1 fully saturated rings. The van der Waals surface area contributed by atoms with E-state index in [0.29, 0.717) is 18.9 Å². The zero-order chi connectivity index (χ0) is 14.7. The number of nitrogens with zero attached hydrogens (tertiary/aromatic N) is 2. The lowest BCUT2D eigenvalue weighted by molar-refractivity contribution is -0.122. The fourth-order valence-corrected chi connectivity index (χ4v) is 2.83. The number of rotatable bonds is 6. The van der Waals surface area contributed by atoms with E-state index < -0.39 is 0 Å². The van der Waals surface area contributed by atoms with Gasteiger partial charge in [-0.1, -0.05) is 6.07 Å². The first-order valence-corrected chi connectivity index (χ1v) is 7.70. The van der Waals surface area contributed by atoms with E-state index in [1.807, 2.05) is 12.1 Å². The molecular formula is C14H17N5OS. The van der Waals surface area contributed by atoms with Crippen LogP contribution in [0.15, 0.2) is 24.5 Å². The number of nitrogens with two attached hydrogens (primary N) is 1. The van der Waals surface area contributed by atoms with Gasteiger partial charge in [-0.25, -0.2) is 0 Å². The highest BCUT2D eigenvalue weighted by molar-refractivity contribution is 7.11. The summed E-state index contributed by atoms with van der Waals surface area (Å²) in [6.07, 6.45) is 5.53. The molecule has 4 N–H and O–H groups in total. The number of carbonyl (C=O) groups is 1. The molecule has 0 aromatic carbocycles. The molecule has 2 aromatic heterocycles. The van der Waals surface area contributed by atoms with Crippen molar-refractivity contribution in [3.63, 3.8) is 0 Å². The number of hydrogen-bond acceptors (Lipinski definition) is 6. The van der Waals surface area contributed by atoms with Crippen molar-refractivity contribution in [3.05, 3.63) is 24.5 Å². The lowest BCUT2D eigenvalue weighted by Gasteiger charge is -2.08. The predicted molar refractivity (Wildman–Crippen MR) is 84.0 cm³/mol. The molecule has 1 saturated carbocycles. The van der Waals surface area contributed by atoms with Crippen molar-refractivity contribution in [1.82, 2.24) is 14.7 Å². The third-order valence-electron chi connectivity index (χ3n) is 3.33. The summed E-state index contributed by atoms with van der Waals surface area (Å²) in [5.74, 6) is 0.903. The minimum atomic E-state index is 0.160. The van der Waals surface area contributed by atoms with Gasteiger partial charge >= 0.3 is 0 Å². The zero-order valence-electron chi connectivity index (χ0n) is 11.5. The molecule has 0 saturated heterocycles. The zero-order valence-corrected chi connectivity index (χ0v) is 12.3. The van der Waals surface area contributed by atoms with Gasteiger partial charge in [-0.3, -0.25) is 9.78 Å². The lowest BCUT2D eigenvalue weighted by Crippen LogP contribution is -2.29. The maximum absolute atomic E-state index is 11.5. The molecule has 0 atom stereocenters. The maximum Gasteiger partial charge on any atom is 0.223 e. The highest BCUT2D eigenvalue weighted by Crippen LogP contribution is 2.36. The van der Waals surface area contributed by atoms with Crippen LogP contribution in [0, 0.1) is 5.92 Å². The molecule has 1 amide bonds. The fraction of sp³-hybridized carbons (Fsp3) is 0.357. The Labute approximate surface area is 126 Å². The Hall–Kier alpha value is -2.15. The van der Waals surface area contributed by atoms with E-state index in [2.05, 4.69) is 20.0 Å². The van der Waals surface area contributed by atoms with Gasteiger partial charge in [0.05, 0.1) is 5.56 Å². The smallest absolute Gasteiger partial charge is 0.223 e.